The average molecular weight is 386 g/mol. The minimum absolute atomic E-state index is 0.0112. The largest absolute Gasteiger partial charge is 0.497 e. The van der Waals surface area contributed by atoms with Crippen molar-refractivity contribution in [2.24, 2.45) is 7.05 Å². The molecule has 1 N–H and O–H groups in total. The molecule has 0 aliphatic carbocycles. The number of halogens is 1. The van der Waals surface area contributed by atoms with E-state index < -0.39 is 10.0 Å². The molecule has 1 aromatic carbocycles. The summed E-state index contributed by atoms with van der Waals surface area (Å²) in [5, 5.41) is 0.156. The van der Waals surface area contributed by atoms with Crippen LogP contribution in [0.1, 0.15) is 24.6 Å². The summed E-state index contributed by atoms with van der Waals surface area (Å²) in [5.41, 5.74) is 0.920. The number of aryl methyl sites for hydroxylation is 1. The molecule has 1 aliphatic rings. The Bertz CT molecular complexity index is 853. The van der Waals surface area contributed by atoms with E-state index in [9.17, 15) is 8.42 Å². The molecule has 136 valence electrons. The predicted octanol–water partition coefficient (Wildman–Crippen LogP) is 2.28. The van der Waals surface area contributed by atoms with Gasteiger partial charge in [-0.2, -0.15) is 0 Å². The van der Waals surface area contributed by atoms with Crippen molar-refractivity contribution in [2.45, 2.75) is 29.9 Å². The first kappa shape index (κ1) is 18.2. The molecule has 0 saturated carbocycles. The molecule has 25 heavy (non-hydrogen) atoms. The molecule has 0 bridgehead atoms. The number of hydrogen-bond acceptors (Lipinski definition) is 5. The zero-order valence-electron chi connectivity index (χ0n) is 14.0. The lowest BCUT2D eigenvalue weighted by atomic mass is 10.0. The fourth-order valence-electron chi connectivity index (χ4n) is 2.89. The molecule has 7 nitrogen and oxygen atoms in total. The number of ether oxygens (including phenoxy) is 2. The second-order valence-corrected chi connectivity index (χ2v) is 8.02. The van der Waals surface area contributed by atoms with Gasteiger partial charge in [0, 0.05) is 25.8 Å². The third kappa shape index (κ3) is 3.98. The van der Waals surface area contributed by atoms with E-state index in [1.54, 1.807) is 18.6 Å². The van der Waals surface area contributed by atoms with Gasteiger partial charge < -0.3 is 14.0 Å². The Labute approximate surface area is 152 Å². The van der Waals surface area contributed by atoms with Crippen molar-refractivity contribution in [3.63, 3.8) is 0 Å². The highest BCUT2D eigenvalue weighted by molar-refractivity contribution is 7.89. The molecule has 3 rings (SSSR count). The molecule has 1 saturated heterocycles. The lowest BCUT2D eigenvalue weighted by Crippen LogP contribution is -2.40. The highest BCUT2D eigenvalue weighted by Gasteiger charge is 2.30. The number of methoxy groups -OCH3 is 1. The van der Waals surface area contributed by atoms with E-state index in [1.807, 2.05) is 11.6 Å². The van der Waals surface area contributed by atoms with Gasteiger partial charge in [-0.15, -0.1) is 0 Å². The van der Waals surface area contributed by atoms with Gasteiger partial charge in [-0.1, -0.05) is 11.6 Å². The first-order chi connectivity index (χ1) is 11.9. The Hall–Kier alpha value is -1.61. The van der Waals surface area contributed by atoms with Crippen LogP contribution in [-0.2, 0) is 21.8 Å². The minimum atomic E-state index is -3.77. The lowest BCUT2D eigenvalue weighted by molar-refractivity contribution is -0.0000446. The van der Waals surface area contributed by atoms with Gasteiger partial charge >= 0.3 is 0 Å². The van der Waals surface area contributed by atoms with Crippen LogP contribution in [0.2, 0.25) is 5.02 Å². The van der Waals surface area contributed by atoms with E-state index in [0.29, 0.717) is 25.2 Å². The minimum Gasteiger partial charge on any atom is -0.497 e. The third-order valence-electron chi connectivity index (χ3n) is 4.22. The molecule has 0 radical (unpaired) electrons. The van der Waals surface area contributed by atoms with Crippen LogP contribution in [0.4, 0.5) is 0 Å². The Kier molecular flexibility index (Phi) is 5.33. The van der Waals surface area contributed by atoms with Gasteiger partial charge in [0.1, 0.15) is 16.7 Å². The molecular weight excluding hydrogens is 366 g/mol. The molecule has 1 aliphatic heterocycles. The van der Waals surface area contributed by atoms with Crippen LogP contribution in [-0.4, -0.2) is 37.7 Å². The van der Waals surface area contributed by atoms with Crippen molar-refractivity contribution in [3.8, 4) is 5.75 Å². The number of imidazole rings is 1. The maximum atomic E-state index is 12.7. The summed E-state index contributed by atoms with van der Waals surface area (Å²) in [6.45, 7) is 0.467. The van der Waals surface area contributed by atoms with Crippen molar-refractivity contribution < 1.29 is 17.9 Å². The van der Waals surface area contributed by atoms with E-state index >= 15 is 0 Å². The Morgan fingerprint density at radius 3 is 2.92 bits per heavy atom. The smallest absolute Gasteiger partial charge is 0.242 e. The van der Waals surface area contributed by atoms with Crippen molar-refractivity contribution in [2.75, 3.05) is 13.7 Å². The molecule has 0 spiro atoms. The fourth-order valence-corrected chi connectivity index (χ4v) is 4.69. The van der Waals surface area contributed by atoms with Gasteiger partial charge in [-0.3, -0.25) is 0 Å². The molecular formula is C16H20ClN3O4S. The van der Waals surface area contributed by atoms with Gasteiger partial charge in [0.2, 0.25) is 10.0 Å². The first-order valence-electron chi connectivity index (χ1n) is 7.84. The molecule has 1 fully saturated rings. The lowest BCUT2D eigenvalue weighted by Gasteiger charge is -2.30. The van der Waals surface area contributed by atoms with Crippen LogP contribution in [0.5, 0.6) is 5.75 Å². The van der Waals surface area contributed by atoms with E-state index in [0.717, 1.165) is 5.69 Å². The molecule has 0 unspecified atom stereocenters. The number of nitrogens with zero attached hydrogens (tertiary/aromatic N) is 2. The van der Waals surface area contributed by atoms with Crippen molar-refractivity contribution in [3.05, 3.63) is 41.4 Å². The summed E-state index contributed by atoms with van der Waals surface area (Å²) in [4.78, 5) is 4.10. The number of hydrogen-bond donors (Lipinski definition) is 1. The number of benzene rings is 1. The van der Waals surface area contributed by atoms with Crippen molar-refractivity contribution >= 4 is 21.6 Å². The van der Waals surface area contributed by atoms with Crippen LogP contribution < -0.4 is 9.46 Å². The highest BCUT2D eigenvalue weighted by Crippen LogP contribution is 2.30. The van der Waals surface area contributed by atoms with Crippen LogP contribution in [0.25, 0.3) is 0 Å². The van der Waals surface area contributed by atoms with E-state index in [4.69, 9.17) is 21.1 Å². The van der Waals surface area contributed by atoms with E-state index in [2.05, 4.69) is 9.71 Å². The molecule has 0 amide bonds. The number of rotatable bonds is 5. The quantitative estimate of drug-likeness (QED) is 0.853. The number of aromatic nitrogens is 2. The summed E-state index contributed by atoms with van der Waals surface area (Å²) in [6, 6.07) is 4.30. The van der Waals surface area contributed by atoms with Gasteiger partial charge in [0.15, 0.2) is 0 Å². The second-order valence-electron chi connectivity index (χ2n) is 5.93. The van der Waals surface area contributed by atoms with E-state index in [-0.39, 0.29) is 22.1 Å². The monoisotopic (exact) mass is 385 g/mol. The Morgan fingerprint density at radius 1 is 1.44 bits per heavy atom. The van der Waals surface area contributed by atoms with Crippen LogP contribution >= 0.6 is 11.6 Å². The summed E-state index contributed by atoms with van der Waals surface area (Å²) in [6.07, 6.45) is 4.35. The highest BCUT2D eigenvalue weighted by atomic mass is 35.5. The zero-order chi connectivity index (χ0) is 18.0. The fraction of sp³-hybridized carbons (Fsp3) is 0.438. The summed E-state index contributed by atoms with van der Waals surface area (Å²) >= 11 is 6.08. The normalized spacial score (nSPS) is 21.2. The van der Waals surface area contributed by atoms with Gasteiger partial charge in [-0.05, 0) is 25.0 Å². The first-order valence-corrected chi connectivity index (χ1v) is 9.70. The van der Waals surface area contributed by atoms with E-state index in [1.165, 1.54) is 19.2 Å². The molecule has 2 atom stereocenters. The van der Waals surface area contributed by atoms with Crippen molar-refractivity contribution in [1.82, 2.24) is 14.3 Å². The summed E-state index contributed by atoms with van der Waals surface area (Å²) < 4.78 is 41.0. The average Bonchev–Trinajstić information content (AvgIpc) is 3.01. The maximum Gasteiger partial charge on any atom is 0.242 e. The van der Waals surface area contributed by atoms with Crippen LogP contribution in [0.15, 0.2) is 35.6 Å². The number of sulfonamides is 1. The zero-order valence-corrected chi connectivity index (χ0v) is 15.5. The molecule has 9 heteroatoms. The third-order valence-corrected chi connectivity index (χ3v) is 6.22. The Balaban J connectivity index is 1.78. The Morgan fingerprint density at radius 2 is 2.24 bits per heavy atom. The van der Waals surface area contributed by atoms with Gasteiger partial charge in [-0.25, -0.2) is 18.1 Å². The maximum absolute atomic E-state index is 12.7. The van der Waals surface area contributed by atoms with Gasteiger partial charge in [0.05, 0.1) is 30.4 Å². The summed E-state index contributed by atoms with van der Waals surface area (Å²) in [7, 11) is -0.405. The summed E-state index contributed by atoms with van der Waals surface area (Å²) in [5.74, 6) is 0.435. The standard InChI is InChI=1S/C16H20ClN3O4S/c1-20-10-18-9-14(20)15-7-11(5-6-24-15)19-25(21,22)16-8-12(23-2)3-4-13(16)17/h3-4,8-11,15,19H,5-7H2,1-2H3/t11-,15-/m1/s1. The molecule has 2 aromatic rings. The van der Waals surface area contributed by atoms with Crippen molar-refractivity contribution in [1.29, 1.82) is 0 Å². The topological polar surface area (TPSA) is 82.5 Å². The number of nitrogens with one attached hydrogen (secondary N) is 1. The van der Waals surface area contributed by atoms with Gasteiger partial charge in [0.25, 0.3) is 0 Å². The van der Waals surface area contributed by atoms with Crippen LogP contribution in [0.3, 0.4) is 0 Å². The predicted molar refractivity (Wildman–Crippen MR) is 93.2 cm³/mol. The second kappa shape index (κ2) is 7.33. The molecule has 2 heterocycles. The SMILES string of the molecule is COc1ccc(Cl)c(S(=O)(=O)N[C@@H]2CCO[C@@H](c3cncn3C)C2)c1. The van der Waals surface area contributed by atoms with Crippen LogP contribution in [0, 0.1) is 0 Å². The molecule has 1 aromatic heterocycles.